The molecule has 104 valence electrons. The molecule has 2 aromatic heterocycles. The summed E-state index contributed by atoms with van der Waals surface area (Å²) in [7, 11) is 0. The molecule has 5 nitrogen and oxygen atoms in total. The van der Waals surface area contributed by atoms with E-state index in [4.69, 9.17) is 0 Å². The van der Waals surface area contributed by atoms with Gasteiger partial charge in [-0.05, 0) is 32.0 Å². The Morgan fingerprint density at radius 2 is 2.15 bits per heavy atom. The lowest BCUT2D eigenvalue weighted by molar-refractivity contribution is 0.585. The van der Waals surface area contributed by atoms with Crippen molar-refractivity contribution >= 4 is 11.0 Å². The highest BCUT2D eigenvalue weighted by molar-refractivity contribution is 5.74. The molecule has 3 aromatic rings. The number of para-hydroxylation sites is 2. The summed E-state index contributed by atoms with van der Waals surface area (Å²) in [5.74, 6) is 0.965. The van der Waals surface area contributed by atoms with E-state index in [9.17, 15) is 0 Å². The number of nitrogens with one attached hydrogen (secondary N) is 2. The minimum Gasteiger partial charge on any atom is -0.345 e. The Morgan fingerprint density at radius 3 is 3.00 bits per heavy atom. The van der Waals surface area contributed by atoms with E-state index < -0.39 is 0 Å². The highest BCUT2D eigenvalue weighted by Gasteiger charge is 2.01. The van der Waals surface area contributed by atoms with Crippen LogP contribution in [-0.4, -0.2) is 26.1 Å². The quantitative estimate of drug-likeness (QED) is 0.675. The van der Waals surface area contributed by atoms with Crippen LogP contribution in [0.25, 0.3) is 11.0 Å². The zero-order valence-electron chi connectivity index (χ0n) is 11.6. The zero-order valence-corrected chi connectivity index (χ0v) is 11.6. The van der Waals surface area contributed by atoms with Crippen LogP contribution in [0.15, 0.2) is 36.8 Å². The minimum absolute atomic E-state index is 0.839. The largest absolute Gasteiger partial charge is 0.345 e. The average Bonchev–Trinajstić information content (AvgIpc) is 3.05. The van der Waals surface area contributed by atoms with Crippen LogP contribution < -0.4 is 5.32 Å². The highest BCUT2D eigenvalue weighted by Crippen LogP contribution is 2.11. The van der Waals surface area contributed by atoms with E-state index in [0.29, 0.717) is 0 Å². The fraction of sp³-hybridized carbons (Fsp3) is 0.333. The third-order valence-corrected chi connectivity index (χ3v) is 3.35. The van der Waals surface area contributed by atoms with Gasteiger partial charge < -0.3 is 14.9 Å². The van der Waals surface area contributed by atoms with E-state index in [0.717, 1.165) is 43.1 Å². The van der Waals surface area contributed by atoms with Gasteiger partial charge in [0, 0.05) is 25.0 Å². The Balaban J connectivity index is 1.46. The second-order valence-electron chi connectivity index (χ2n) is 4.95. The molecule has 5 heteroatoms. The van der Waals surface area contributed by atoms with E-state index in [1.165, 1.54) is 5.52 Å². The monoisotopic (exact) mass is 269 g/mol. The number of hydrogen-bond acceptors (Lipinski definition) is 3. The molecule has 0 saturated heterocycles. The Hall–Kier alpha value is -2.14. The van der Waals surface area contributed by atoms with Gasteiger partial charge in [0.05, 0.1) is 17.4 Å². The Morgan fingerprint density at radius 1 is 1.25 bits per heavy atom. The molecule has 0 spiro atoms. The van der Waals surface area contributed by atoms with Gasteiger partial charge >= 0.3 is 0 Å². The van der Waals surface area contributed by atoms with Crippen LogP contribution in [0.3, 0.4) is 0 Å². The number of H-pyrrole nitrogens is 1. The SMILES string of the molecule is Cc1ncc(CNCCCn2cnc3ccccc32)[nH]1. The molecule has 0 bridgehead atoms. The summed E-state index contributed by atoms with van der Waals surface area (Å²) in [6.07, 6.45) is 4.88. The predicted molar refractivity (Wildman–Crippen MR) is 79.4 cm³/mol. The number of aromatic amines is 1. The first-order chi connectivity index (χ1) is 9.83. The summed E-state index contributed by atoms with van der Waals surface area (Å²) in [6, 6.07) is 8.24. The van der Waals surface area contributed by atoms with Crippen molar-refractivity contribution in [3.05, 3.63) is 48.3 Å². The van der Waals surface area contributed by atoms with Gasteiger partial charge in [-0.3, -0.25) is 0 Å². The van der Waals surface area contributed by atoms with Gasteiger partial charge in [0.15, 0.2) is 0 Å². The number of aromatic nitrogens is 4. The van der Waals surface area contributed by atoms with E-state index in [1.807, 2.05) is 31.6 Å². The van der Waals surface area contributed by atoms with Crippen LogP contribution >= 0.6 is 0 Å². The molecule has 0 aliphatic carbocycles. The molecule has 1 aromatic carbocycles. The number of nitrogens with zero attached hydrogens (tertiary/aromatic N) is 3. The molecule has 2 heterocycles. The molecule has 0 aliphatic rings. The van der Waals surface area contributed by atoms with Crippen molar-refractivity contribution in [2.24, 2.45) is 0 Å². The molecule has 0 aliphatic heterocycles. The topological polar surface area (TPSA) is 58.5 Å². The number of hydrogen-bond donors (Lipinski definition) is 2. The Labute approximate surface area is 118 Å². The van der Waals surface area contributed by atoms with Crippen LogP contribution in [0.5, 0.6) is 0 Å². The van der Waals surface area contributed by atoms with Gasteiger partial charge in [-0.15, -0.1) is 0 Å². The number of rotatable bonds is 6. The molecule has 0 amide bonds. The van der Waals surface area contributed by atoms with Crippen molar-refractivity contribution in [3.63, 3.8) is 0 Å². The lowest BCUT2D eigenvalue weighted by atomic mass is 10.3. The molecule has 20 heavy (non-hydrogen) atoms. The molecular formula is C15H19N5. The maximum absolute atomic E-state index is 4.40. The molecule has 0 unspecified atom stereocenters. The maximum Gasteiger partial charge on any atom is 0.103 e. The Bertz CT molecular complexity index is 682. The number of aryl methyl sites for hydroxylation is 2. The van der Waals surface area contributed by atoms with E-state index in [-0.39, 0.29) is 0 Å². The summed E-state index contributed by atoms with van der Waals surface area (Å²) in [6.45, 7) is 4.76. The van der Waals surface area contributed by atoms with Gasteiger partial charge in [0.2, 0.25) is 0 Å². The fourth-order valence-electron chi connectivity index (χ4n) is 2.35. The lowest BCUT2D eigenvalue weighted by Crippen LogP contribution is -2.16. The summed E-state index contributed by atoms with van der Waals surface area (Å²) in [5, 5.41) is 3.42. The fourth-order valence-corrected chi connectivity index (χ4v) is 2.35. The number of benzene rings is 1. The minimum atomic E-state index is 0.839. The standard InChI is InChI=1S/C15H19N5/c1-12-17-10-13(19-12)9-16-7-4-8-20-11-18-14-5-2-3-6-15(14)20/h2-3,5-6,10-11,16H,4,7-9H2,1H3,(H,17,19). The molecule has 0 radical (unpaired) electrons. The second kappa shape index (κ2) is 5.88. The molecule has 0 fully saturated rings. The van der Waals surface area contributed by atoms with Crippen LogP contribution in [0, 0.1) is 6.92 Å². The predicted octanol–water partition coefficient (Wildman–Crippen LogP) is 2.25. The summed E-state index contributed by atoms with van der Waals surface area (Å²) < 4.78 is 2.21. The van der Waals surface area contributed by atoms with Crippen molar-refractivity contribution in [2.75, 3.05) is 6.54 Å². The van der Waals surface area contributed by atoms with Gasteiger partial charge in [-0.25, -0.2) is 9.97 Å². The normalized spacial score (nSPS) is 11.2. The molecule has 2 N–H and O–H groups in total. The van der Waals surface area contributed by atoms with E-state index >= 15 is 0 Å². The van der Waals surface area contributed by atoms with Gasteiger partial charge in [-0.2, -0.15) is 0 Å². The van der Waals surface area contributed by atoms with E-state index in [1.54, 1.807) is 0 Å². The van der Waals surface area contributed by atoms with Crippen molar-refractivity contribution in [1.82, 2.24) is 24.8 Å². The molecule has 0 saturated carbocycles. The summed E-state index contributed by atoms with van der Waals surface area (Å²) >= 11 is 0. The number of fused-ring (bicyclic) bond motifs is 1. The van der Waals surface area contributed by atoms with Crippen LogP contribution in [-0.2, 0) is 13.1 Å². The summed E-state index contributed by atoms with van der Waals surface area (Å²) in [4.78, 5) is 11.8. The average molecular weight is 269 g/mol. The van der Waals surface area contributed by atoms with E-state index in [2.05, 4.69) is 37.0 Å². The Kier molecular flexibility index (Phi) is 3.78. The molecule has 0 atom stereocenters. The van der Waals surface area contributed by atoms with Crippen molar-refractivity contribution in [3.8, 4) is 0 Å². The van der Waals surface area contributed by atoms with Crippen molar-refractivity contribution < 1.29 is 0 Å². The van der Waals surface area contributed by atoms with Gasteiger partial charge in [0.1, 0.15) is 5.82 Å². The lowest BCUT2D eigenvalue weighted by Gasteiger charge is -2.05. The van der Waals surface area contributed by atoms with Gasteiger partial charge in [-0.1, -0.05) is 12.1 Å². The van der Waals surface area contributed by atoms with Gasteiger partial charge in [0.25, 0.3) is 0 Å². The smallest absolute Gasteiger partial charge is 0.103 e. The van der Waals surface area contributed by atoms with Crippen LogP contribution in [0.1, 0.15) is 17.9 Å². The summed E-state index contributed by atoms with van der Waals surface area (Å²) in [5.41, 5.74) is 3.40. The van der Waals surface area contributed by atoms with Crippen LogP contribution in [0.4, 0.5) is 0 Å². The highest BCUT2D eigenvalue weighted by atomic mass is 15.0. The molecule has 3 rings (SSSR count). The number of imidazole rings is 2. The molecular weight excluding hydrogens is 250 g/mol. The maximum atomic E-state index is 4.40. The van der Waals surface area contributed by atoms with Crippen LogP contribution in [0.2, 0.25) is 0 Å². The van der Waals surface area contributed by atoms with Crippen molar-refractivity contribution in [1.29, 1.82) is 0 Å². The first kappa shape index (κ1) is 12.9. The third kappa shape index (κ3) is 2.88. The second-order valence-corrected chi connectivity index (χ2v) is 4.95. The third-order valence-electron chi connectivity index (χ3n) is 3.35. The zero-order chi connectivity index (χ0) is 13.8. The van der Waals surface area contributed by atoms with Crippen molar-refractivity contribution in [2.45, 2.75) is 26.4 Å². The first-order valence-electron chi connectivity index (χ1n) is 6.94. The first-order valence-corrected chi connectivity index (χ1v) is 6.94.